The van der Waals surface area contributed by atoms with E-state index >= 15 is 0 Å². The largest absolute Gasteiger partial charge is 0.299 e. The Balaban J connectivity index is 2.36. The van der Waals surface area contributed by atoms with Crippen molar-refractivity contribution in [2.24, 2.45) is 22.7 Å². The van der Waals surface area contributed by atoms with Gasteiger partial charge >= 0.3 is 0 Å². The minimum atomic E-state index is 0.242. The maximum Gasteiger partial charge on any atom is 0.136 e. The van der Waals surface area contributed by atoms with Crippen molar-refractivity contribution in [3.63, 3.8) is 0 Å². The number of hydrogen-bond acceptors (Lipinski definition) is 1. The van der Waals surface area contributed by atoms with Crippen LogP contribution in [0.15, 0.2) is 0 Å². The van der Waals surface area contributed by atoms with Gasteiger partial charge in [-0.2, -0.15) is 0 Å². The van der Waals surface area contributed by atoms with Crippen LogP contribution in [-0.2, 0) is 4.79 Å². The van der Waals surface area contributed by atoms with Gasteiger partial charge < -0.3 is 0 Å². The fourth-order valence-electron chi connectivity index (χ4n) is 4.28. The molecule has 2 aliphatic carbocycles. The zero-order valence-electron chi connectivity index (χ0n) is 9.89. The summed E-state index contributed by atoms with van der Waals surface area (Å²) >= 11 is 0. The molecule has 2 atom stereocenters. The molecular formula is C13H22O. The molecule has 0 aromatic carbocycles. The molecule has 0 aromatic rings. The Kier molecular flexibility index (Phi) is 2.06. The number of ketones is 1. The molecule has 0 N–H and O–H groups in total. The van der Waals surface area contributed by atoms with Crippen LogP contribution in [0.4, 0.5) is 0 Å². The lowest BCUT2D eigenvalue weighted by Gasteiger charge is -2.35. The highest BCUT2D eigenvalue weighted by Crippen LogP contribution is 2.60. The smallest absolute Gasteiger partial charge is 0.136 e. The predicted octanol–water partition coefficient (Wildman–Crippen LogP) is 3.43. The minimum Gasteiger partial charge on any atom is -0.299 e. The molecule has 2 rings (SSSR count). The van der Waals surface area contributed by atoms with Gasteiger partial charge in [0.15, 0.2) is 0 Å². The van der Waals surface area contributed by atoms with Gasteiger partial charge in [-0.05, 0) is 36.0 Å². The zero-order chi connectivity index (χ0) is 10.6. The molecule has 0 aliphatic heterocycles. The summed E-state index contributed by atoms with van der Waals surface area (Å²) in [6.07, 6.45) is 4.44. The van der Waals surface area contributed by atoms with Gasteiger partial charge in [0.25, 0.3) is 0 Å². The topological polar surface area (TPSA) is 17.1 Å². The Labute approximate surface area is 87.3 Å². The molecule has 1 nitrogen and oxygen atoms in total. The molecule has 2 unspecified atom stereocenters. The van der Waals surface area contributed by atoms with Gasteiger partial charge in [0.05, 0.1) is 0 Å². The standard InChI is InChI=1S/C13H22O/c1-12(2)8-13(3,4)11-9(12)6-5-7-10(11)14/h9,11H,5-8H2,1-4H3. The van der Waals surface area contributed by atoms with Crippen LogP contribution in [0.25, 0.3) is 0 Å². The van der Waals surface area contributed by atoms with Crippen LogP contribution >= 0.6 is 0 Å². The molecule has 0 heterocycles. The molecule has 0 spiro atoms. The van der Waals surface area contributed by atoms with Crippen molar-refractivity contribution in [2.45, 2.75) is 53.4 Å². The second-order valence-corrected chi connectivity index (χ2v) is 6.60. The number of fused-ring (bicyclic) bond motifs is 1. The van der Waals surface area contributed by atoms with Crippen LogP contribution in [0, 0.1) is 22.7 Å². The van der Waals surface area contributed by atoms with E-state index in [2.05, 4.69) is 27.7 Å². The summed E-state index contributed by atoms with van der Waals surface area (Å²) in [5, 5.41) is 0. The van der Waals surface area contributed by atoms with E-state index in [1.807, 2.05) is 0 Å². The molecule has 0 bridgehead atoms. The fraction of sp³-hybridized carbons (Fsp3) is 0.923. The van der Waals surface area contributed by atoms with Crippen LogP contribution in [-0.4, -0.2) is 5.78 Å². The van der Waals surface area contributed by atoms with Crippen LogP contribution in [0.2, 0.25) is 0 Å². The van der Waals surface area contributed by atoms with E-state index in [4.69, 9.17) is 0 Å². The van der Waals surface area contributed by atoms with Crippen LogP contribution < -0.4 is 0 Å². The van der Waals surface area contributed by atoms with Gasteiger partial charge in [-0.1, -0.05) is 27.7 Å². The van der Waals surface area contributed by atoms with Gasteiger partial charge in [-0.15, -0.1) is 0 Å². The Bertz CT molecular complexity index is 262. The van der Waals surface area contributed by atoms with E-state index in [1.54, 1.807) is 0 Å². The zero-order valence-corrected chi connectivity index (χ0v) is 9.89. The molecule has 0 radical (unpaired) electrons. The van der Waals surface area contributed by atoms with Crippen LogP contribution in [0.3, 0.4) is 0 Å². The van der Waals surface area contributed by atoms with E-state index in [0.717, 1.165) is 12.8 Å². The maximum atomic E-state index is 12.0. The van der Waals surface area contributed by atoms with Crippen molar-refractivity contribution in [3.8, 4) is 0 Å². The maximum absolute atomic E-state index is 12.0. The summed E-state index contributed by atoms with van der Waals surface area (Å²) in [7, 11) is 0. The molecule has 0 amide bonds. The van der Waals surface area contributed by atoms with Crippen molar-refractivity contribution in [3.05, 3.63) is 0 Å². The minimum absolute atomic E-state index is 0.242. The SMILES string of the molecule is CC1(C)CC(C)(C)C2C(=O)CCCC21. The molecule has 14 heavy (non-hydrogen) atoms. The van der Waals surface area contributed by atoms with Gasteiger partial charge in [-0.3, -0.25) is 4.79 Å². The molecule has 0 saturated heterocycles. The summed E-state index contributed by atoms with van der Waals surface area (Å²) in [6.45, 7) is 9.25. The highest BCUT2D eigenvalue weighted by atomic mass is 16.1. The van der Waals surface area contributed by atoms with E-state index < -0.39 is 0 Å². The second kappa shape index (κ2) is 2.84. The third-order valence-corrected chi connectivity index (χ3v) is 4.44. The van der Waals surface area contributed by atoms with Crippen LogP contribution in [0.1, 0.15) is 53.4 Å². The molecular weight excluding hydrogens is 172 g/mol. The summed E-state index contributed by atoms with van der Waals surface area (Å²) in [4.78, 5) is 12.0. The van der Waals surface area contributed by atoms with Crippen molar-refractivity contribution in [1.29, 1.82) is 0 Å². The highest BCUT2D eigenvalue weighted by molar-refractivity contribution is 5.83. The lowest BCUT2D eigenvalue weighted by molar-refractivity contribution is -0.129. The monoisotopic (exact) mass is 194 g/mol. The number of rotatable bonds is 0. The van der Waals surface area contributed by atoms with Gasteiger partial charge in [-0.25, -0.2) is 0 Å². The second-order valence-electron chi connectivity index (χ2n) is 6.60. The average molecular weight is 194 g/mol. The first-order valence-corrected chi connectivity index (χ1v) is 5.87. The molecule has 1 heteroatoms. The fourth-order valence-corrected chi connectivity index (χ4v) is 4.28. The predicted molar refractivity (Wildman–Crippen MR) is 58.0 cm³/mol. The van der Waals surface area contributed by atoms with E-state index in [-0.39, 0.29) is 5.41 Å². The first-order valence-electron chi connectivity index (χ1n) is 5.87. The van der Waals surface area contributed by atoms with E-state index in [9.17, 15) is 4.79 Å². The number of carbonyl (C=O) groups is 1. The summed E-state index contributed by atoms with van der Waals surface area (Å²) in [6, 6.07) is 0. The summed E-state index contributed by atoms with van der Waals surface area (Å²) in [5.41, 5.74) is 0.621. The van der Waals surface area contributed by atoms with Crippen molar-refractivity contribution in [2.75, 3.05) is 0 Å². The molecule has 2 fully saturated rings. The normalized spacial score (nSPS) is 39.6. The van der Waals surface area contributed by atoms with Gasteiger partial charge in [0.1, 0.15) is 5.78 Å². The third-order valence-electron chi connectivity index (χ3n) is 4.44. The number of carbonyl (C=O) groups excluding carboxylic acids is 1. The van der Waals surface area contributed by atoms with Crippen molar-refractivity contribution >= 4 is 5.78 Å². The number of Topliss-reactive ketones (excluding diaryl/α,β-unsaturated/α-hetero) is 1. The van der Waals surface area contributed by atoms with Gasteiger partial charge in [0.2, 0.25) is 0 Å². The Morgan fingerprint density at radius 3 is 2.36 bits per heavy atom. The highest BCUT2D eigenvalue weighted by Gasteiger charge is 2.55. The first-order chi connectivity index (χ1) is 6.34. The van der Waals surface area contributed by atoms with Crippen molar-refractivity contribution < 1.29 is 4.79 Å². The quantitative estimate of drug-likeness (QED) is 0.577. The summed E-state index contributed by atoms with van der Waals surface area (Å²) < 4.78 is 0. The Morgan fingerprint density at radius 1 is 1.14 bits per heavy atom. The average Bonchev–Trinajstić information content (AvgIpc) is 2.18. The molecule has 80 valence electrons. The van der Waals surface area contributed by atoms with Crippen molar-refractivity contribution in [1.82, 2.24) is 0 Å². The number of hydrogen-bond donors (Lipinski definition) is 0. The van der Waals surface area contributed by atoms with Crippen LogP contribution in [0.5, 0.6) is 0 Å². The molecule has 0 aromatic heterocycles. The molecule has 2 saturated carbocycles. The van der Waals surface area contributed by atoms with E-state index in [0.29, 0.717) is 23.0 Å². The van der Waals surface area contributed by atoms with E-state index in [1.165, 1.54) is 12.8 Å². The molecule has 2 aliphatic rings. The third kappa shape index (κ3) is 1.32. The lowest BCUT2D eigenvalue weighted by atomic mass is 9.68. The summed E-state index contributed by atoms with van der Waals surface area (Å²) in [5.74, 6) is 1.54. The lowest BCUT2D eigenvalue weighted by Crippen LogP contribution is -2.35. The van der Waals surface area contributed by atoms with Gasteiger partial charge in [0, 0.05) is 12.3 Å². The Morgan fingerprint density at radius 2 is 1.79 bits per heavy atom. The first kappa shape index (κ1) is 10.2. The Hall–Kier alpha value is -0.330.